The summed E-state index contributed by atoms with van der Waals surface area (Å²) in [6.07, 6.45) is 11.3. The molecule has 2 bridgehead atoms. The van der Waals surface area contributed by atoms with Gasteiger partial charge in [-0.25, -0.2) is 0 Å². The molecule has 0 radical (unpaired) electrons. The van der Waals surface area contributed by atoms with Gasteiger partial charge in [0, 0.05) is 0 Å². The van der Waals surface area contributed by atoms with Crippen molar-refractivity contribution >= 4 is 5.97 Å². The van der Waals surface area contributed by atoms with Crippen molar-refractivity contribution in [2.75, 3.05) is 7.11 Å². The van der Waals surface area contributed by atoms with E-state index in [2.05, 4.69) is 20.4 Å². The highest BCUT2D eigenvalue weighted by molar-refractivity contribution is 5.77. The molecule has 128 valence electrons. The molecular formula is C21H32O2. The molecule has 23 heavy (non-hydrogen) atoms. The Morgan fingerprint density at radius 1 is 1.13 bits per heavy atom. The second-order valence-electron chi connectivity index (χ2n) is 9.59. The van der Waals surface area contributed by atoms with Crippen LogP contribution in [0.2, 0.25) is 0 Å². The number of carbonyl (C=O) groups excluding carboxylic acids is 1. The highest BCUT2D eigenvalue weighted by Crippen LogP contribution is 2.72. The summed E-state index contributed by atoms with van der Waals surface area (Å²) in [7, 11) is 1.57. The Hall–Kier alpha value is -0.790. The Balaban J connectivity index is 1.73. The minimum Gasteiger partial charge on any atom is -0.469 e. The summed E-state index contributed by atoms with van der Waals surface area (Å²) in [5.41, 5.74) is 2.09. The van der Waals surface area contributed by atoms with Gasteiger partial charge in [0.25, 0.3) is 0 Å². The van der Waals surface area contributed by atoms with Crippen molar-refractivity contribution < 1.29 is 9.53 Å². The van der Waals surface area contributed by atoms with Crippen LogP contribution in [-0.4, -0.2) is 13.1 Å². The first kappa shape index (κ1) is 15.7. The Morgan fingerprint density at radius 3 is 2.65 bits per heavy atom. The van der Waals surface area contributed by atoms with Crippen molar-refractivity contribution in [3.05, 3.63) is 12.2 Å². The average Bonchev–Trinajstić information content (AvgIpc) is 2.75. The molecule has 4 rings (SSSR count). The summed E-state index contributed by atoms with van der Waals surface area (Å²) >= 11 is 0. The van der Waals surface area contributed by atoms with Crippen LogP contribution in [0.5, 0.6) is 0 Å². The molecule has 0 heterocycles. The van der Waals surface area contributed by atoms with Gasteiger partial charge in [0.2, 0.25) is 0 Å². The number of rotatable bonds is 1. The third kappa shape index (κ3) is 1.90. The smallest absolute Gasteiger partial charge is 0.311 e. The van der Waals surface area contributed by atoms with E-state index in [1.165, 1.54) is 56.9 Å². The van der Waals surface area contributed by atoms with Crippen LogP contribution in [0.4, 0.5) is 0 Å². The third-order valence-corrected chi connectivity index (χ3v) is 8.71. The number of methoxy groups -OCH3 is 1. The van der Waals surface area contributed by atoms with E-state index in [-0.39, 0.29) is 11.4 Å². The lowest BCUT2D eigenvalue weighted by Crippen LogP contribution is -2.58. The number of carbonyl (C=O) groups is 1. The predicted molar refractivity (Wildman–Crippen MR) is 91.8 cm³/mol. The number of esters is 1. The molecule has 0 unspecified atom stereocenters. The monoisotopic (exact) mass is 316 g/mol. The standard InChI is InChI=1S/C21H32O2/c1-14-12-21-11-8-16-19(2,17(21)7-6-15(14)13-21)9-5-10-20(16,3)18(22)23-4/h15-17H,1,5-13H2,2-4H3/t15-,16+,17+,19-,20+,21-/m1/s1. The summed E-state index contributed by atoms with van der Waals surface area (Å²) < 4.78 is 5.25. The quantitative estimate of drug-likeness (QED) is 0.495. The molecule has 0 N–H and O–H groups in total. The van der Waals surface area contributed by atoms with E-state index in [4.69, 9.17) is 4.74 Å². The number of allylic oxidation sites excluding steroid dienone is 1. The van der Waals surface area contributed by atoms with Crippen LogP contribution in [0.1, 0.15) is 71.6 Å². The van der Waals surface area contributed by atoms with Crippen LogP contribution in [0, 0.1) is 34.0 Å². The van der Waals surface area contributed by atoms with E-state index in [0.29, 0.717) is 16.7 Å². The van der Waals surface area contributed by atoms with Crippen molar-refractivity contribution in [3.63, 3.8) is 0 Å². The minimum atomic E-state index is -0.268. The minimum absolute atomic E-state index is 0.0360. The van der Waals surface area contributed by atoms with Gasteiger partial charge in [-0.3, -0.25) is 4.79 Å². The topological polar surface area (TPSA) is 26.3 Å². The van der Waals surface area contributed by atoms with Crippen LogP contribution in [0.25, 0.3) is 0 Å². The van der Waals surface area contributed by atoms with Gasteiger partial charge in [0.1, 0.15) is 0 Å². The van der Waals surface area contributed by atoms with Crippen molar-refractivity contribution in [2.24, 2.45) is 34.0 Å². The summed E-state index contributed by atoms with van der Waals surface area (Å²) in [5, 5.41) is 0. The lowest BCUT2D eigenvalue weighted by molar-refractivity contribution is -0.183. The molecular weight excluding hydrogens is 284 g/mol. The fourth-order valence-electron chi connectivity index (χ4n) is 7.83. The van der Waals surface area contributed by atoms with Gasteiger partial charge in [0.15, 0.2) is 0 Å². The molecule has 4 fully saturated rings. The van der Waals surface area contributed by atoms with Gasteiger partial charge >= 0.3 is 5.97 Å². The molecule has 1 spiro atoms. The van der Waals surface area contributed by atoms with Gasteiger partial charge in [-0.15, -0.1) is 0 Å². The van der Waals surface area contributed by atoms with Crippen molar-refractivity contribution in [2.45, 2.75) is 71.6 Å². The van der Waals surface area contributed by atoms with Crippen LogP contribution in [0.15, 0.2) is 12.2 Å². The lowest BCUT2D eigenvalue weighted by Gasteiger charge is -2.63. The molecule has 4 aliphatic rings. The molecule has 0 aromatic carbocycles. The van der Waals surface area contributed by atoms with Crippen LogP contribution in [-0.2, 0) is 9.53 Å². The summed E-state index contributed by atoms with van der Waals surface area (Å²) in [5.74, 6) is 2.11. The molecule has 2 heteroatoms. The molecule has 0 saturated heterocycles. The average molecular weight is 316 g/mol. The van der Waals surface area contributed by atoms with Gasteiger partial charge in [-0.2, -0.15) is 0 Å². The van der Waals surface area contributed by atoms with E-state index >= 15 is 0 Å². The maximum absolute atomic E-state index is 12.6. The van der Waals surface area contributed by atoms with E-state index in [1.807, 2.05) is 0 Å². The van der Waals surface area contributed by atoms with E-state index < -0.39 is 0 Å². The number of fused-ring (bicyclic) bond motifs is 3. The van der Waals surface area contributed by atoms with Gasteiger partial charge in [0.05, 0.1) is 12.5 Å². The zero-order valence-electron chi connectivity index (χ0n) is 15.1. The summed E-state index contributed by atoms with van der Waals surface area (Å²) in [6, 6.07) is 0. The lowest BCUT2D eigenvalue weighted by atomic mass is 9.41. The Bertz CT molecular complexity index is 552. The third-order valence-electron chi connectivity index (χ3n) is 8.71. The molecule has 6 atom stereocenters. The van der Waals surface area contributed by atoms with Crippen LogP contribution >= 0.6 is 0 Å². The Labute approximate surface area is 141 Å². The van der Waals surface area contributed by atoms with Crippen LogP contribution < -0.4 is 0 Å². The number of ether oxygens (including phenoxy) is 1. The first-order valence-electron chi connectivity index (χ1n) is 9.62. The largest absolute Gasteiger partial charge is 0.469 e. The number of hydrogen-bond acceptors (Lipinski definition) is 2. The fraction of sp³-hybridized carbons (Fsp3) is 0.857. The van der Waals surface area contributed by atoms with Gasteiger partial charge in [-0.1, -0.05) is 25.5 Å². The predicted octanol–water partition coefficient (Wildman–Crippen LogP) is 5.13. The maximum atomic E-state index is 12.6. The summed E-state index contributed by atoms with van der Waals surface area (Å²) in [6.45, 7) is 9.12. The second kappa shape index (κ2) is 4.86. The zero-order valence-corrected chi connectivity index (χ0v) is 15.1. The molecule has 4 saturated carbocycles. The van der Waals surface area contributed by atoms with E-state index in [1.54, 1.807) is 7.11 Å². The molecule has 0 aromatic rings. The number of hydrogen-bond donors (Lipinski definition) is 0. The summed E-state index contributed by atoms with van der Waals surface area (Å²) in [4.78, 5) is 12.6. The highest BCUT2D eigenvalue weighted by atomic mass is 16.5. The Kier molecular flexibility index (Phi) is 3.32. The van der Waals surface area contributed by atoms with E-state index in [0.717, 1.165) is 18.3 Å². The van der Waals surface area contributed by atoms with Crippen molar-refractivity contribution in [1.82, 2.24) is 0 Å². The first-order valence-corrected chi connectivity index (χ1v) is 9.62. The van der Waals surface area contributed by atoms with Crippen LogP contribution in [0.3, 0.4) is 0 Å². The Morgan fingerprint density at radius 2 is 1.91 bits per heavy atom. The zero-order chi connectivity index (χ0) is 16.5. The molecule has 0 amide bonds. The molecule has 0 aliphatic heterocycles. The van der Waals surface area contributed by atoms with Crippen molar-refractivity contribution in [3.8, 4) is 0 Å². The fourth-order valence-corrected chi connectivity index (χ4v) is 7.83. The maximum Gasteiger partial charge on any atom is 0.311 e. The van der Waals surface area contributed by atoms with Gasteiger partial charge < -0.3 is 4.74 Å². The SMILES string of the molecule is C=C1C[C@@]23CC[C@H]4[C@@](C)(CCC[C@]4(C)C(=O)OC)[C@@H]2CC[C@@H]1C3. The first-order chi connectivity index (χ1) is 10.9. The van der Waals surface area contributed by atoms with E-state index in [9.17, 15) is 4.79 Å². The molecule has 2 nitrogen and oxygen atoms in total. The molecule has 0 aromatic heterocycles. The second-order valence-corrected chi connectivity index (χ2v) is 9.59. The molecule has 4 aliphatic carbocycles. The van der Waals surface area contributed by atoms with Crippen molar-refractivity contribution in [1.29, 1.82) is 0 Å². The van der Waals surface area contributed by atoms with Gasteiger partial charge in [-0.05, 0) is 86.9 Å². The highest BCUT2D eigenvalue weighted by Gasteiger charge is 2.65. The normalized spacial score (nSPS) is 51.8.